The van der Waals surface area contributed by atoms with Gasteiger partial charge in [0.25, 0.3) is 0 Å². The molecule has 0 radical (unpaired) electrons. The van der Waals surface area contributed by atoms with E-state index in [2.05, 4.69) is 5.32 Å². The Morgan fingerprint density at radius 2 is 1.59 bits per heavy atom. The van der Waals surface area contributed by atoms with E-state index in [-0.39, 0.29) is 23.1 Å². The average molecular weight is 416 g/mol. The lowest BCUT2D eigenvalue weighted by molar-refractivity contribution is -0.117. The molecule has 1 saturated heterocycles. The number of benzene rings is 2. The van der Waals surface area contributed by atoms with Crippen LogP contribution >= 0.6 is 0 Å². The van der Waals surface area contributed by atoms with Gasteiger partial charge < -0.3 is 5.32 Å². The highest BCUT2D eigenvalue weighted by molar-refractivity contribution is 7.89. The zero-order chi connectivity index (χ0) is 21.0. The Hall–Kier alpha value is -2.55. The van der Waals surface area contributed by atoms with Gasteiger partial charge in [-0.25, -0.2) is 8.42 Å². The normalized spacial score (nSPS) is 15.8. The van der Waals surface area contributed by atoms with Crippen molar-refractivity contribution in [3.8, 4) is 0 Å². The second-order valence-electron chi connectivity index (χ2n) is 7.12. The van der Waals surface area contributed by atoms with Gasteiger partial charge >= 0.3 is 0 Å². The van der Waals surface area contributed by atoms with Crippen molar-refractivity contribution in [2.24, 2.45) is 0 Å². The fraction of sp³-hybridized carbons (Fsp3) is 0.333. The molecular formula is C21H25N3O4S. The van der Waals surface area contributed by atoms with Crippen LogP contribution in [0.1, 0.15) is 22.8 Å². The third kappa shape index (κ3) is 5.09. The molecule has 3 rings (SSSR count). The van der Waals surface area contributed by atoms with Crippen LogP contribution in [0.5, 0.6) is 0 Å². The van der Waals surface area contributed by atoms with E-state index in [1.54, 1.807) is 0 Å². The molecule has 0 atom stereocenters. The van der Waals surface area contributed by atoms with Crippen molar-refractivity contribution in [1.29, 1.82) is 0 Å². The van der Waals surface area contributed by atoms with E-state index in [9.17, 15) is 18.0 Å². The van der Waals surface area contributed by atoms with E-state index in [1.165, 1.54) is 35.5 Å². The molecule has 29 heavy (non-hydrogen) atoms. The number of nitrogens with zero attached hydrogens (tertiary/aromatic N) is 2. The number of amides is 1. The Morgan fingerprint density at radius 1 is 0.966 bits per heavy atom. The lowest BCUT2D eigenvalue weighted by atomic mass is 10.2. The summed E-state index contributed by atoms with van der Waals surface area (Å²) in [6, 6.07) is 13.6. The van der Waals surface area contributed by atoms with Gasteiger partial charge in [0.05, 0.1) is 11.4 Å². The second-order valence-corrected chi connectivity index (χ2v) is 9.06. The van der Waals surface area contributed by atoms with Gasteiger partial charge in [-0.2, -0.15) is 4.31 Å². The van der Waals surface area contributed by atoms with Crippen molar-refractivity contribution < 1.29 is 18.0 Å². The van der Waals surface area contributed by atoms with E-state index in [4.69, 9.17) is 0 Å². The van der Waals surface area contributed by atoms with Crippen LogP contribution in [-0.2, 0) is 14.8 Å². The van der Waals surface area contributed by atoms with Crippen LogP contribution in [0.25, 0.3) is 0 Å². The largest absolute Gasteiger partial charge is 0.325 e. The Bertz CT molecular complexity index is 995. The van der Waals surface area contributed by atoms with Crippen molar-refractivity contribution >= 4 is 27.4 Å². The van der Waals surface area contributed by atoms with Crippen LogP contribution < -0.4 is 5.32 Å². The molecule has 8 heteroatoms. The highest BCUT2D eigenvalue weighted by Gasteiger charge is 2.29. The number of anilines is 1. The number of rotatable bonds is 6. The number of nitrogens with one attached hydrogen (secondary N) is 1. The van der Waals surface area contributed by atoms with Gasteiger partial charge in [0.15, 0.2) is 5.78 Å². The second kappa shape index (κ2) is 8.86. The molecule has 0 unspecified atom stereocenters. The van der Waals surface area contributed by atoms with Crippen molar-refractivity contribution in [3.63, 3.8) is 0 Å². The molecule has 154 valence electrons. The maximum absolute atomic E-state index is 12.8. The summed E-state index contributed by atoms with van der Waals surface area (Å²) in [6.07, 6.45) is 0. The zero-order valence-corrected chi connectivity index (χ0v) is 17.4. The van der Waals surface area contributed by atoms with Crippen LogP contribution in [0.4, 0.5) is 5.69 Å². The van der Waals surface area contributed by atoms with Gasteiger partial charge in [0.2, 0.25) is 15.9 Å². The minimum absolute atomic E-state index is 0.105. The van der Waals surface area contributed by atoms with E-state index >= 15 is 0 Å². The van der Waals surface area contributed by atoms with Crippen LogP contribution in [0, 0.1) is 6.92 Å². The van der Waals surface area contributed by atoms with E-state index < -0.39 is 10.0 Å². The molecule has 7 nitrogen and oxygen atoms in total. The molecule has 1 heterocycles. The van der Waals surface area contributed by atoms with E-state index in [0.29, 0.717) is 31.7 Å². The first kappa shape index (κ1) is 21.2. The Labute approximate surface area is 171 Å². The van der Waals surface area contributed by atoms with Crippen LogP contribution in [0.15, 0.2) is 53.4 Å². The summed E-state index contributed by atoms with van der Waals surface area (Å²) in [6.45, 7) is 5.18. The quantitative estimate of drug-likeness (QED) is 0.731. The number of hydrogen-bond donors (Lipinski definition) is 1. The summed E-state index contributed by atoms with van der Waals surface area (Å²) in [5.74, 6) is -0.220. The third-order valence-corrected chi connectivity index (χ3v) is 6.93. The number of sulfonamides is 1. The van der Waals surface area contributed by atoms with Crippen LogP contribution in [-0.4, -0.2) is 62.0 Å². The number of aryl methyl sites for hydroxylation is 1. The van der Waals surface area contributed by atoms with Gasteiger partial charge in [-0.15, -0.1) is 0 Å². The van der Waals surface area contributed by atoms with Gasteiger partial charge in [-0.1, -0.05) is 30.3 Å². The van der Waals surface area contributed by atoms with Gasteiger partial charge in [-0.05, 0) is 37.6 Å². The van der Waals surface area contributed by atoms with Crippen LogP contribution in [0.2, 0.25) is 0 Å². The van der Waals surface area contributed by atoms with E-state index in [1.807, 2.05) is 36.1 Å². The molecular weight excluding hydrogens is 390 g/mol. The van der Waals surface area contributed by atoms with Crippen molar-refractivity contribution in [2.45, 2.75) is 18.7 Å². The van der Waals surface area contributed by atoms with Gasteiger partial charge in [0.1, 0.15) is 0 Å². The first-order valence-electron chi connectivity index (χ1n) is 9.46. The molecule has 1 aliphatic heterocycles. The first-order chi connectivity index (χ1) is 13.8. The third-order valence-electron chi connectivity index (χ3n) is 5.02. The molecule has 0 spiro atoms. The molecule has 0 aliphatic carbocycles. The highest BCUT2D eigenvalue weighted by Crippen LogP contribution is 2.19. The molecule has 0 aromatic heterocycles. The SMILES string of the molecule is CC(=O)c1ccc(S(=O)(=O)N2CCN(CC(=O)Nc3ccccc3C)CC2)cc1. The molecule has 1 amide bonds. The Morgan fingerprint density at radius 3 is 2.17 bits per heavy atom. The average Bonchev–Trinajstić information content (AvgIpc) is 2.70. The van der Waals surface area contributed by atoms with Crippen LogP contribution in [0.3, 0.4) is 0 Å². The first-order valence-corrected chi connectivity index (χ1v) is 10.9. The molecule has 1 N–H and O–H groups in total. The summed E-state index contributed by atoms with van der Waals surface area (Å²) >= 11 is 0. The lowest BCUT2D eigenvalue weighted by Crippen LogP contribution is -2.50. The van der Waals surface area contributed by atoms with Gasteiger partial charge in [0, 0.05) is 37.4 Å². The maximum atomic E-state index is 12.8. The predicted molar refractivity (Wildman–Crippen MR) is 111 cm³/mol. The molecule has 1 aliphatic rings. The van der Waals surface area contributed by atoms with Crippen molar-refractivity contribution in [1.82, 2.24) is 9.21 Å². The lowest BCUT2D eigenvalue weighted by Gasteiger charge is -2.33. The monoisotopic (exact) mass is 415 g/mol. The Kier molecular flexibility index (Phi) is 6.46. The summed E-state index contributed by atoms with van der Waals surface area (Å²) in [5, 5.41) is 2.90. The summed E-state index contributed by atoms with van der Waals surface area (Å²) in [5.41, 5.74) is 2.26. The number of Topliss-reactive ketones (excluding diaryl/α,β-unsaturated/α-hetero) is 1. The number of piperazine rings is 1. The van der Waals surface area contributed by atoms with E-state index in [0.717, 1.165) is 11.3 Å². The molecule has 0 saturated carbocycles. The minimum atomic E-state index is -3.62. The topological polar surface area (TPSA) is 86.8 Å². The molecule has 2 aromatic carbocycles. The maximum Gasteiger partial charge on any atom is 0.243 e. The smallest absolute Gasteiger partial charge is 0.243 e. The van der Waals surface area contributed by atoms with Crippen molar-refractivity contribution in [2.75, 3.05) is 38.0 Å². The number of hydrogen-bond acceptors (Lipinski definition) is 5. The standard InChI is InChI=1S/C21H25N3O4S/c1-16-5-3-4-6-20(16)22-21(26)15-23-11-13-24(14-12-23)29(27,28)19-9-7-18(8-10-19)17(2)25/h3-10H,11-15H2,1-2H3,(H,22,26). The molecule has 2 aromatic rings. The fourth-order valence-electron chi connectivity index (χ4n) is 3.24. The summed E-state index contributed by atoms with van der Waals surface area (Å²) in [4.78, 5) is 25.8. The summed E-state index contributed by atoms with van der Waals surface area (Å²) in [7, 11) is -3.62. The number of carbonyl (C=O) groups excluding carboxylic acids is 2. The number of ketones is 1. The minimum Gasteiger partial charge on any atom is -0.325 e. The van der Waals surface area contributed by atoms with Crippen molar-refractivity contribution in [3.05, 3.63) is 59.7 Å². The number of carbonyl (C=O) groups is 2. The van der Waals surface area contributed by atoms with Gasteiger partial charge in [-0.3, -0.25) is 14.5 Å². The predicted octanol–water partition coefficient (Wildman–Crippen LogP) is 2.14. The Balaban J connectivity index is 1.56. The number of para-hydroxylation sites is 1. The molecule has 0 bridgehead atoms. The fourth-order valence-corrected chi connectivity index (χ4v) is 4.67. The highest BCUT2D eigenvalue weighted by atomic mass is 32.2. The molecule has 1 fully saturated rings. The summed E-state index contributed by atoms with van der Waals surface area (Å²) < 4.78 is 27.1. The zero-order valence-electron chi connectivity index (χ0n) is 16.6.